The van der Waals surface area contributed by atoms with Crippen LogP contribution in [0.2, 0.25) is 0 Å². The van der Waals surface area contributed by atoms with Crippen LogP contribution in [0.4, 0.5) is 0 Å². The molecule has 5 nitrogen and oxygen atoms in total. The lowest BCUT2D eigenvalue weighted by Gasteiger charge is -2.27. The van der Waals surface area contributed by atoms with Gasteiger partial charge in [-0.1, -0.05) is 0 Å². The Morgan fingerprint density at radius 3 is 2.73 bits per heavy atom. The summed E-state index contributed by atoms with van der Waals surface area (Å²) >= 11 is 0. The van der Waals surface area contributed by atoms with Crippen LogP contribution in [0.1, 0.15) is 47.1 Å². The minimum atomic E-state index is 0.0836. The second kappa shape index (κ2) is 6.84. The van der Waals surface area contributed by atoms with Crippen LogP contribution in [-0.2, 0) is 0 Å². The Morgan fingerprint density at radius 1 is 1.32 bits per heavy atom. The molecule has 1 saturated heterocycles. The molecule has 0 aromatic carbocycles. The second-order valence-electron chi connectivity index (χ2n) is 6.59. The SMILES string of the molecule is Cc1cc(C(=O)NCCCN2CCNCC2)c(C)n1C1CC1. The Balaban J connectivity index is 1.46. The van der Waals surface area contributed by atoms with E-state index in [2.05, 4.69) is 33.9 Å². The van der Waals surface area contributed by atoms with Gasteiger partial charge in [0.15, 0.2) is 0 Å². The van der Waals surface area contributed by atoms with Gasteiger partial charge in [0.1, 0.15) is 0 Å². The van der Waals surface area contributed by atoms with Gasteiger partial charge in [0.05, 0.1) is 5.56 Å². The zero-order valence-electron chi connectivity index (χ0n) is 13.8. The Bertz CT molecular complexity index is 527. The van der Waals surface area contributed by atoms with Crippen molar-refractivity contribution in [1.29, 1.82) is 0 Å². The van der Waals surface area contributed by atoms with Crippen molar-refractivity contribution in [1.82, 2.24) is 20.1 Å². The molecule has 3 rings (SSSR count). The van der Waals surface area contributed by atoms with E-state index in [1.54, 1.807) is 0 Å². The van der Waals surface area contributed by atoms with Crippen LogP contribution in [0.25, 0.3) is 0 Å². The maximum absolute atomic E-state index is 12.4. The molecule has 0 atom stereocenters. The topological polar surface area (TPSA) is 49.3 Å². The van der Waals surface area contributed by atoms with E-state index < -0.39 is 0 Å². The van der Waals surface area contributed by atoms with Gasteiger partial charge in [0.2, 0.25) is 0 Å². The number of hydrogen-bond acceptors (Lipinski definition) is 3. The minimum Gasteiger partial charge on any atom is -0.352 e. The smallest absolute Gasteiger partial charge is 0.253 e. The van der Waals surface area contributed by atoms with Crippen LogP contribution < -0.4 is 10.6 Å². The second-order valence-corrected chi connectivity index (χ2v) is 6.59. The van der Waals surface area contributed by atoms with Crippen LogP contribution in [-0.4, -0.2) is 54.6 Å². The molecule has 1 aliphatic heterocycles. The van der Waals surface area contributed by atoms with Crippen LogP contribution in [0, 0.1) is 13.8 Å². The van der Waals surface area contributed by atoms with E-state index >= 15 is 0 Å². The van der Waals surface area contributed by atoms with Gasteiger partial charge in [0.25, 0.3) is 5.91 Å². The summed E-state index contributed by atoms with van der Waals surface area (Å²) in [6, 6.07) is 2.67. The molecule has 122 valence electrons. The van der Waals surface area contributed by atoms with Crippen molar-refractivity contribution in [2.45, 2.75) is 39.2 Å². The predicted molar refractivity (Wildman–Crippen MR) is 88.4 cm³/mol. The van der Waals surface area contributed by atoms with E-state index in [4.69, 9.17) is 0 Å². The molecule has 2 N–H and O–H groups in total. The van der Waals surface area contributed by atoms with Gasteiger partial charge in [-0.2, -0.15) is 0 Å². The lowest BCUT2D eigenvalue weighted by molar-refractivity contribution is 0.0950. The Kier molecular flexibility index (Phi) is 4.84. The highest BCUT2D eigenvalue weighted by Gasteiger charge is 2.28. The van der Waals surface area contributed by atoms with Gasteiger partial charge >= 0.3 is 0 Å². The highest BCUT2D eigenvalue weighted by atomic mass is 16.1. The first kappa shape index (κ1) is 15.6. The number of piperazine rings is 1. The lowest BCUT2D eigenvalue weighted by atomic mass is 10.2. The summed E-state index contributed by atoms with van der Waals surface area (Å²) in [4.78, 5) is 14.8. The van der Waals surface area contributed by atoms with Crippen molar-refractivity contribution in [3.63, 3.8) is 0 Å². The van der Waals surface area contributed by atoms with Crippen LogP contribution >= 0.6 is 0 Å². The Hall–Kier alpha value is -1.33. The normalized spacial score (nSPS) is 19.4. The molecular formula is C17H28N4O. The Morgan fingerprint density at radius 2 is 2.05 bits per heavy atom. The van der Waals surface area contributed by atoms with E-state index in [1.807, 2.05) is 6.07 Å². The van der Waals surface area contributed by atoms with E-state index in [-0.39, 0.29) is 5.91 Å². The molecule has 0 spiro atoms. The van der Waals surface area contributed by atoms with Gasteiger partial charge in [0, 0.05) is 50.2 Å². The third-order valence-corrected chi connectivity index (χ3v) is 4.79. The molecule has 2 fully saturated rings. The summed E-state index contributed by atoms with van der Waals surface area (Å²) in [6.07, 6.45) is 3.53. The van der Waals surface area contributed by atoms with Gasteiger partial charge in [-0.05, 0) is 45.7 Å². The lowest BCUT2D eigenvalue weighted by Crippen LogP contribution is -2.44. The number of aryl methyl sites for hydroxylation is 1. The predicted octanol–water partition coefficient (Wildman–Crippen LogP) is 1.46. The zero-order chi connectivity index (χ0) is 15.5. The van der Waals surface area contributed by atoms with E-state index in [1.165, 1.54) is 18.5 Å². The van der Waals surface area contributed by atoms with E-state index in [9.17, 15) is 4.79 Å². The van der Waals surface area contributed by atoms with Crippen LogP contribution in [0.15, 0.2) is 6.07 Å². The molecule has 1 amide bonds. The highest BCUT2D eigenvalue weighted by molar-refractivity contribution is 5.95. The average Bonchev–Trinajstić information content (AvgIpc) is 3.30. The number of hydrogen-bond donors (Lipinski definition) is 2. The maximum atomic E-state index is 12.4. The van der Waals surface area contributed by atoms with Crippen molar-refractivity contribution in [3.05, 3.63) is 23.0 Å². The third-order valence-electron chi connectivity index (χ3n) is 4.79. The van der Waals surface area contributed by atoms with Gasteiger partial charge in [-0.25, -0.2) is 0 Å². The largest absolute Gasteiger partial charge is 0.352 e. The zero-order valence-corrected chi connectivity index (χ0v) is 13.8. The molecule has 0 radical (unpaired) electrons. The van der Waals surface area contributed by atoms with Crippen molar-refractivity contribution < 1.29 is 4.79 Å². The number of nitrogens with one attached hydrogen (secondary N) is 2. The first-order valence-corrected chi connectivity index (χ1v) is 8.56. The highest BCUT2D eigenvalue weighted by Crippen LogP contribution is 2.38. The summed E-state index contributed by atoms with van der Waals surface area (Å²) in [5, 5.41) is 6.44. The number of aromatic nitrogens is 1. The minimum absolute atomic E-state index is 0.0836. The third kappa shape index (κ3) is 3.52. The monoisotopic (exact) mass is 304 g/mol. The molecule has 0 unspecified atom stereocenters. The fraction of sp³-hybridized carbons (Fsp3) is 0.706. The fourth-order valence-corrected chi connectivity index (χ4v) is 3.44. The molecule has 1 saturated carbocycles. The number of nitrogens with zero attached hydrogens (tertiary/aromatic N) is 2. The van der Waals surface area contributed by atoms with E-state index in [0.717, 1.165) is 56.9 Å². The van der Waals surface area contributed by atoms with Gasteiger partial charge in [-0.15, -0.1) is 0 Å². The van der Waals surface area contributed by atoms with E-state index in [0.29, 0.717) is 6.04 Å². The van der Waals surface area contributed by atoms with Crippen molar-refractivity contribution in [2.75, 3.05) is 39.3 Å². The van der Waals surface area contributed by atoms with Gasteiger partial charge < -0.3 is 20.1 Å². The molecule has 0 bridgehead atoms. The molecule has 22 heavy (non-hydrogen) atoms. The van der Waals surface area contributed by atoms with Crippen molar-refractivity contribution >= 4 is 5.91 Å². The summed E-state index contributed by atoms with van der Waals surface area (Å²) in [6.45, 7) is 10.4. The Labute approximate surface area is 133 Å². The number of amides is 1. The fourth-order valence-electron chi connectivity index (χ4n) is 3.44. The molecule has 2 aliphatic rings. The quantitative estimate of drug-likeness (QED) is 0.783. The first-order valence-electron chi connectivity index (χ1n) is 8.56. The molecule has 2 heterocycles. The van der Waals surface area contributed by atoms with Crippen LogP contribution in [0.5, 0.6) is 0 Å². The molecule has 1 aliphatic carbocycles. The van der Waals surface area contributed by atoms with Crippen molar-refractivity contribution in [2.24, 2.45) is 0 Å². The van der Waals surface area contributed by atoms with Crippen LogP contribution in [0.3, 0.4) is 0 Å². The van der Waals surface area contributed by atoms with Gasteiger partial charge in [-0.3, -0.25) is 4.79 Å². The first-order chi connectivity index (χ1) is 10.7. The number of carbonyl (C=O) groups is 1. The molecule has 1 aromatic heterocycles. The summed E-state index contributed by atoms with van der Waals surface area (Å²) in [5.74, 6) is 0.0836. The summed E-state index contributed by atoms with van der Waals surface area (Å²) < 4.78 is 2.33. The average molecular weight is 304 g/mol. The molecule has 5 heteroatoms. The number of rotatable bonds is 6. The maximum Gasteiger partial charge on any atom is 0.253 e. The summed E-state index contributed by atoms with van der Waals surface area (Å²) in [7, 11) is 0. The number of carbonyl (C=O) groups excluding carboxylic acids is 1. The summed E-state index contributed by atoms with van der Waals surface area (Å²) in [5.41, 5.74) is 3.19. The molecule has 1 aromatic rings. The molecular weight excluding hydrogens is 276 g/mol. The van der Waals surface area contributed by atoms with Crippen molar-refractivity contribution in [3.8, 4) is 0 Å². The standard InChI is InChI=1S/C17H28N4O/c1-13-12-16(14(2)21(13)15-4-5-15)17(22)19-6-3-9-20-10-7-18-8-11-20/h12,15,18H,3-11H2,1-2H3,(H,19,22).